The quantitative estimate of drug-likeness (QED) is 0.311. The third-order valence-corrected chi connectivity index (χ3v) is 7.94. The van der Waals surface area contributed by atoms with E-state index in [4.69, 9.17) is 9.84 Å². The van der Waals surface area contributed by atoms with Gasteiger partial charge in [0.2, 0.25) is 0 Å². The molecule has 8 heteroatoms. The molecule has 0 radical (unpaired) electrons. The molecular formula is C31H29N5O2S. The van der Waals surface area contributed by atoms with Gasteiger partial charge < -0.3 is 9.64 Å². The van der Waals surface area contributed by atoms with E-state index in [0.717, 1.165) is 66.1 Å². The lowest BCUT2D eigenvalue weighted by atomic mass is 10.1. The van der Waals surface area contributed by atoms with Crippen LogP contribution in [-0.2, 0) is 11.3 Å². The summed E-state index contributed by atoms with van der Waals surface area (Å²) in [6.45, 7) is 4.51. The van der Waals surface area contributed by atoms with Crippen molar-refractivity contribution in [2.45, 2.75) is 6.54 Å². The summed E-state index contributed by atoms with van der Waals surface area (Å²) >= 11 is 1.45. The van der Waals surface area contributed by atoms with Crippen molar-refractivity contribution < 1.29 is 9.53 Å². The monoisotopic (exact) mass is 535 g/mol. The van der Waals surface area contributed by atoms with E-state index < -0.39 is 0 Å². The average Bonchev–Trinajstić information content (AvgIpc) is 3.58. The van der Waals surface area contributed by atoms with Crippen molar-refractivity contribution >= 4 is 28.9 Å². The molecule has 0 atom stereocenters. The van der Waals surface area contributed by atoms with Gasteiger partial charge in [0.25, 0.3) is 5.91 Å². The topological polar surface area (TPSA) is 63.0 Å². The fraction of sp³-hybridized carbons (Fsp3) is 0.194. The minimum atomic E-state index is -0.203. The molecule has 0 aliphatic carbocycles. The molecule has 1 aromatic heterocycles. The number of hydrogen-bond acceptors (Lipinski definition) is 6. The first kappa shape index (κ1) is 25.2. The van der Waals surface area contributed by atoms with E-state index in [1.165, 1.54) is 17.3 Å². The highest BCUT2D eigenvalue weighted by Crippen LogP contribution is 2.34. The SMILES string of the molecule is COc1cccc(-c2nn(-c3ccccc3)cc2/C=C2\SC(N3CCN(Cc4ccccc4)CC3)=NC2=O)c1. The van der Waals surface area contributed by atoms with Gasteiger partial charge in [0.05, 0.1) is 17.7 Å². The number of carbonyl (C=O) groups excluding carboxylic acids is 1. The molecule has 0 unspecified atom stereocenters. The molecule has 2 aliphatic heterocycles. The zero-order chi connectivity index (χ0) is 26.6. The second-order valence-electron chi connectivity index (χ2n) is 9.50. The second kappa shape index (κ2) is 11.3. The number of amidine groups is 1. The molecule has 4 aromatic rings. The number of aliphatic imine (C=N–C) groups is 1. The first-order valence-corrected chi connectivity index (χ1v) is 13.8. The largest absolute Gasteiger partial charge is 0.497 e. The van der Waals surface area contributed by atoms with E-state index in [0.29, 0.717) is 4.91 Å². The number of thioether (sulfide) groups is 1. The van der Waals surface area contributed by atoms with Crippen molar-refractivity contribution in [2.75, 3.05) is 33.3 Å². The molecule has 0 bridgehead atoms. The van der Waals surface area contributed by atoms with Crippen molar-refractivity contribution in [3.63, 3.8) is 0 Å². The Morgan fingerprint density at radius 2 is 1.67 bits per heavy atom. The first-order chi connectivity index (χ1) is 19.2. The van der Waals surface area contributed by atoms with Crippen molar-refractivity contribution in [1.29, 1.82) is 0 Å². The summed E-state index contributed by atoms with van der Waals surface area (Å²) in [5.74, 6) is 0.550. The first-order valence-electron chi connectivity index (χ1n) is 13.0. The van der Waals surface area contributed by atoms with Crippen LogP contribution in [0.25, 0.3) is 23.0 Å². The molecule has 3 aromatic carbocycles. The molecule has 0 saturated carbocycles. The number of carbonyl (C=O) groups is 1. The van der Waals surface area contributed by atoms with Gasteiger partial charge in [0, 0.05) is 50.0 Å². The number of nitrogens with zero attached hydrogens (tertiary/aromatic N) is 5. The predicted molar refractivity (Wildman–Crippen MR) is 157 cm³/mol. The molecular weight excluding hydrogens is 506 g/mol. The Hall–Kier alpha value is -4.14. The van der Waals surface area contributed by atoms with Gasteiger partial charge in [-0.15, -0.1) is 0 Å². The fourth-order valence-corrected chi connectivity index (χ4v) is 5.77. The van der Waals surface area contributed by atoms with Gasteiger partial charge in [-0.1, -0.05) is 60.7 Å². The lowest BCUT2D eigenvalue weighted by Crippen LogP contribution is -2.47. The Morgan fingerprint density at radius 1 is 0.923 bits per heavy atom. The number of hydrogen-bond donors (Lipinski definition) is 0. The summed E-state index contributed by atoms with van der Waals surface area (Å²) in [7, 11) is 1.65. The minimum absolute atomic E-state index is 0.203. The van der Waals surface area contributed by atoms with Crippen LogP contribution >= 0.6 is 11.8 Å². The summed E-state index contributed by atoms with van der Waals surface area (Å²) < 4.78 is 7.29. The van der Waals surface area contributed by atoms with Crippen molar-refractivity contribution in [3.8, 4) is 22.7 Å². The molecule has 6 rings (SSSR count). The summed E-state index contributed by atoms with van der Waals surface area (Å²) in [6, 6.07) is 28.3. The number of amides is 1. The Bertz CT molecular complexity index is 1520. The molecule has 0 N–H and O–H groups in total. The van der Waals surface area contributed by atoms with Crippen LogP contribution in [0.4, 0.5) is 0 Å². The number of ether oxygens (including phenoxy) is 1. The van der Waals surface area contributed by atoms with Gasteiger partial charge in [-0.05, 0) is 47.7 Å². The molecule has 1 saturated heterocycles. The van der Waals surface area contributed by atoms with Gasteiger partial charge in [-0.2, -0.15) is 10.1 Å². The Morgan fingerprint density at radius 3 is 2.41 bits per heavy atom. The van der Waals surface area contributed by atoms with Crippen molar-refractivity contribution in [3.05, 3.63) is 107 Å². The van der Waals surface area contributed by atoms with Crippen LogP contribution in [0.1, 0.15) is 11.1 Å². The lowest BCUT2D eigenvalue weighted by Gasteiger charge is -2.35. The molecule has 196 valence electrons. The lowest BCUT2D eigenvalue weighted by molar-refractivity contribution is -0.113. The highest BCUT2D eigenvalue weighted by atomic mass is 32.2. The molecule has 2 aliphatic rings. The van der Waals surface area contributed by atoms with Crippen molar-refractivity contribution in [1.82, 2.24) is 19.6 Å². The van der Waals surface area contributed by atoms with E-state index in [1.54, 1.807) is 7.11 Å². The van der Waals surface area contributed by atoms with Crippen LogP contribution in [0, 0.1) is 0 Å². The van der Waals surface area contributed by atoms with Crippen LogP contribution in [0.15, 0.2) is 101 Å². The summed E-state index contributed by atoms with van der Waals surface area (Å²) in [5, 5.41) is 5.67. The second-order valence-corrected chi connectivity index (χ2v) is 10.5. The highest BCUT2D eigenvalue weighted by Gasteiger charge is 2.29. The smallest absolute Gasteiger partial charge is 0.286 e. The van der Waals surface area contributed by atoms with E-state index in [1.807, 2.05) is 77.6 Å². The maximum absolute atomic E-state index is 13.0. The third-order valence-electron chi connectivity index (χ3n) is 6.89. The van der Waals surface area contributed by atoms with Crippen LogP contribution < -0.4 is 4.74 Å². The van der Waals surface area contributed by atoms with E-state index >= 15 is 0 Å². The third kappa shape index (κ3) is 5.67. The molecule has 39 heavy (non-hydrogen) atoms. The van der Waals surface area contributed by atoms with E-state index in [2.05, 4.69) is 39.1 Å². The number of aromatic nitrogens is 2. The van der Waals surface area contributed by atoms with Gasteiger partial charge in [-0.25, -0.2) is 4.68 Å². The maximum Gasteiger partial charge on any atom is 0.286 e. The van der Waals surface area contributed by atoms with Gasteiger partial charge in [0.1, 0.15) is 11.4 Å². The van der Waals surface area contributed by atoms with Crippen LogP contribution in [0.3, 0.4) is 0 Å². The van der Waals surface area contributed by atoms with E-state index in [-0.39, 0.29) is 5.91 Å². The minimum Gasteiger partial charge on any atom is -0.497 e. The summed E-state index contributed by atoms with van der Waals surface area (Å²) in [4.78, 5) is 22.7. The average molecular weight is 536 g/mol. The fourth-order valence-electron chi connectivity index (χ4n) is 4.81. The Balaban J connectivity index is 1.21. The maximum atomic E-state index is 13.0. The number of methoxy groups -OCH3 is 1. The molecule has 0 spiro atoms. The highest BCUT2D eigenvalue weighted by molar-refractivity contribution is 8.18. The van der Waals surface area contributed by atoms with Gasteiger partial charge >= 0.3 is 0 Å². The van der Waals surface area contributed by atoms with E-state index in [9.17, 15) is 4.79 Å². The van der Waals surface area contributed by atoms with Crippen LogP contribution in [0.2, 0.25) is 0 Å². The van der Waals surface area contributed by atoms with Crippen LogP contribution in [0.5, 0.6) is 5.75 Å². The van der Waals surface area contributed by atoms with Gasteiger partial charge in [-0.3, -0.25) is 9.69 Å². The Kier molecular flexibility index (Phi) is 7.29. The zero-order valence-electron chi connectivity index (χ0n) is 21.7. The normalized spacial score (nSPS) is 17.1. The predicted octanol–water partition coefficient (Wildman–Crippen LogP) is 5.34. The molecule has 1 amide bonds. The van der Waals surface area contributed by atoms with Crippen molar-refractivity contribution in [2.24, 2.45) is 4.99 Å². The Labute approximate surface area is 232 Å². The number of rotatable bonds is 6. The van der Waals surface area contributed by atoms with Gasteiger partial charge in [0.15, 0.2) is 5.17 Å². The van der Waals surface area contributed by atoms with Crippen LogP contribution in [-0.4, -0.2) is 63.9 Å². The number of benzene rings is 3. The summed E-state index contributed by atoms with van der Waals surface area (Å²) in [6.07, 6.45) is 3.88. The zero-order valence-corrected chi connectivity index (χ0v) is 22.6. The molecule has 3 heterocycles. The molecule has 1 fully saturated rings. The number of piperazine rings is 1. The standard InChI is InChI=1S/C31H29N5O2S/c1-38-27-14-8-11-24(19-27)29-25(22-36(33-29)26-12-6-3-7-13-26)20-28-30(37)32-31(39-28)35-17-15-34(16-18-35)21-23-9-4-2-5-10-23/h2-14,19-20,22H,15-18,21H2,1H3/b28-20-. The summed E-state index contributed by atoms with van der Waals surface area (Å²) in [5.41, 5.74) is 4.82. The molecule has 7 nitrogen and oxygen atoms in total. The number of para-hydroxylation sites is 1.